The smallest absolute Gasteiger partial charge is 0.150 e. The number of pyridine rings is 1. The van der Waals surface area contributed by atoms with Crippen molar-refractivity contribution in [2.24, 2.45) is 7.05 Å². The first-order valence-electron chi connectivity index (χ1n) is 6.08. The summed E-state index contributed by atoms with van der Waals surface area (Å²) < 4.78 is 2.16. The van der Waals surface area contributed by atoms with Crippen molar-refractivity contribution in [2.45, 2.75) is 0 Å². The van der Waals surface area contributed by atoms with E-state index in [1.165, 1.54) is 4.88 Å². The van der Waals surface area contributed by atoms with Gasteiger partial charge in [0.1, 0.15) is 0 Å². The molecule has 0 fully saturated rings. The number of rotatable bonds is 1. The van der Waals surface area contributed by atoms with Crippen LogP contribution in [0.2, 0.25) is 0 Å². The molecule has 4 heteroatoms. The van der Waals surface area contributed by atoms with E-state index in [0.717, 1.165) is 27.8 Å². The Kier molecular flexibility index (Phi) is 2.19. The Morgan fingerprint density at radius 1 is 1.05 bits per heavy atom. The molecular weight excluding hydrogens is 254 g/mol. The lowest BCUT2D eigenvalue weighted by atomic mass is 10.2. The molecule has 3 aromatic heterocycles. The zero-order chi connectivity index (χ0) is 12.8. The Morgan fingerprint density at radius 3 is 2.79 bits per heavy atom. The molecule has 92 valence electrons. The van der Waals surface area contributed by atoms with Gasteiger partial charge in [0.15, 0.2) is 5.82 Å². The van der Waals surface area contributed by atoms with Gasteiger partial charge in [-0.15, -0.1) is 11.3 Å². The summed E-state index contributed by atoms with van der Waals surface area (Å²) >= 11 is 1.71. The molecule has 1 aromatic carbocycles. The average Bonchev–Trinajstić information content (AvgIpc) is 3.06. The fourth-order valence-electron chi connectivity index (χ4n) is 2.49. The second-order valence-electron chi connectivity index (χ2n) is 4.48. The van der Waals surface area contributed by atoms with Crippen LogP contribution in [0.4, 0.5) is 0 Å². The first-order chi connectivity index (χ1) is 9.34. The number of nitrogens with zero attached hydrogens (tertiary/aromatic N) is 3. The third-order valence-corrected chi connectivity index (χ3v) is 4.22. The molecule has 3 heterocycles. The first-order valence-corrected chi connectivity index (χ1v) is 6.96. The predicted molar refractivity (Wildman–Crippen MR) is 79.3 cm³/mol. The minimum absolute atomic E-state index is 1.01. The van der Waals surface area contributed by atoms with Gasteiger partial charge in [0, 0.05) is 18.6 Å². The van der Waals surface area contributed by atoms with Crippen LogP contribution in [-0.4, -0.2) is 14.5 Å². The van der Waals surface area contributed by atoms with Gasteiger partial charge in [0.25, 0.3) is 0 Å². The van der Waals surface area contributed by atoms with E-state index in [1.807, 2.05) is 24.4 Å². The molecule has 0 saturated heterocycles. The highest BCUT2D eigenvalue weighted by Crippen LogP contribution is 2.30. The minimum Gasteiger partial charge on any atom is -0.326 e. The van der Waals surface area contributed by atoms with Crippen LogP contribution >= 0.6 is 11.3 Å². The molecule has 0 aliphatic rings. The summed E-state index contributed by atoms with van der Waals surface area (Å²) in [7, 11) is 2.07. The fourth-order valence-corrected chi connectivity index (χ4v) is 3.24. The summed E-state index contributed by atoms with van der Waals surface area (Å²) in [5.74, 6) is 1.02. The van der Waals surface area contributed by atoms with Crippen molar-refractivity contribution in [3.8, 4) is 10.7 Å². The Balaban J connectivity index is 2.15. The van der Waals surface area contributed by atoms with E-state index < -0.39 is 0 Å². The summed E-state index contributed by atoms with van der Waals surface area (Å²) in [6, 6.07) is 12.3. The van der Waals surface area contributed by atoms with Crippen LogP contribution in [0.5, 0.6) is 0 Å². The lowest BCUT2D eigenvalue weighted by molar-refractivity contribution is 0.966. The molecule has 0 atom stereocenters. The third kappa shape index (κ3) is 1.50. The number of aromatic nitrogens is 3. The van der Waals surface area contributed by atoms with Crippen molar-refractivity contribution >= 4 is 33.3 Å². The molecule has 0 bridgehead atoms. The van der Waals surface area contributed by atoms with Crippen molar-refractivity contribution < 1.29 is 0 Å². The monoisotopic (exact) mass is 265 g/mol. The molecule has 3 nitrogen and oxygen atoms in total. The Labute approximate surface area is 114 Å². The van der Waals surface area contributed by atoms with Gasteiger partial charge in [-0.3, -0.25) is 4.98 Å². The second kappa shape index (κ2) is 3.90. The van der Waals surface area contributed by atoms with Crippen LogP contribution in [0.3, 0.4) is 0 Å². The van der Waals surface area contributed by atoms with Crippen molar-refractivity contribution in [1.29, 1.82) is 0 Å². The Bertz CT molecular complexity index is 875. The molecule has 0 saturated carbocycles. The van der Waals surface area contributed by atoms with Crippen molar-refractivity contribution in [1.82, 2.24) is 14.5 Å². The summed E-state index contributed by atoms with van der Waals surface area (Å²) in [6.45, 7) is 0. The molecular formula is C15H11N3S. The maximum atomic E-state index is 4.75. The van der Waals surface area contributed by atoms with Crippen molar-refractivity contribution in [3.63, 3.8) is 0 Å². The maximum Gasteiger partial charge on any atom is 0.150 e. The number of thiophene rings is 1. The number of aryl methyl sites for hydroxylation is 1. The molecule has 0 N–H and O–H groups in total. The van der Waals surface area contributed by atoms with Crippen LogP contribution in [-0.2, 0) is 7.05 Å². The molecule has 0 spiro atoms. The first kappa shape index (κ1) is 10.7. The van der Waals surface area contributed by atoms with Gasteiger partial charge in [0.2, 0.25) is 0 Å². The van der Waals surface area contributed by atoms with Crippen LogP contribution in [0.1, 0.15) is 0 Å². The molecule has 0 aliphatic carbocycles. The molecule has 0 unspecified atom stereocenters. The Morgan fingerprint density at radius 2 is 1.95 bits per heavy atom. The van der Waals surface area contributed by atoms with Gasteiger partial charge in [-0.1, -0.05) is 6.07 Å². The van der Waals surface area contributed by atoms with E-state index in [4.69, 9.17) is 4.98 Å². The topological polar surface area (TPSA) is 30.7 Å². The molecule has 19 heavy (non-hydrogen) atoms. The maximum absolute atomic E-state index is 4.75. The van der Waals surface area contributed by atoms with Crippen LogP contribution in [0.15, 0.2) is 48.0 Å². The van der Waals surface area contributed by atoms with Crippen LogP contribution < -0.4 is 0 Å². The normalized spacial score (nSPS) is 11.4. The van der Waals surface area contributed by atoms with Crippen molar-refractivity contribution in [2.75, 3.05) is 0 Å². The van der Waals surface area contributed by atoms with Crippen molar-refractivity contribution in [3.05, 3.63) is 48.0 Å². The predicted octanol–water partition coefficient (Wildman–Crippen LogP) is 3.85. The molecule has 0 amide bonds. The second-order valence-corrected chi connectivity index (χ2v) is 5.42. The zero-order valence-electron chi connectivity index (χ0n) is 10.4. The highest BCUT2D eigenvalue weighted by Gasteiger charge is 2.12. The number of benzene rings is 1. The van der Waals surface area contributed by atoms with E-state index in [2.05, 4.69) is 40.2 Å². The minimum atomic E-state index is 1.01. The number of hydrogen-bond acceptors (Lipinski definition) is 3. The quantitative estimate of drug-likeness (QED) is 0.523. The highest BCUT2D eigenvalue weighted by atomic mass is 32.1. The van der Waals surface area contributed by atoms with Gasteiger partial charge >= 0.3 is 0 Å². The van der Waals surface area contributed by atoms with Gasteiger partial charge in [0.05, 0.1) is 21.4 Å². The summed E-state index contributed by atoms with van der Waals surface area (Å²) in [4.78, 5) is 10.3. The zero-order valence-corrected chi connectivity index (χ0v) is 11.2. The lowest BCUT2D eigenvalue weighted by Gasteiger charge is -2.02. The number of fused-ring (bicyclic) bond motifs is 3. The van der Waals surface area contributed by atoms with Gasteiger partial charge in [-0.05, 0) is 35.7 Å². The van der Waals surface area contributed by atoms with Crippen LogP contribution in [0, 0.1) is 0 Å². The fraction of sp³-hybridized carbons (Fsp3) is 0.0667. The summed E-state index contributed by atoms with van der Waals surface area (Å²) in [6.07, 6.45) is 1.82. The van der Waals surface area contributed by atoms with E-state index >= 15 is 0 Å². The summed E-state index contributed by atoms with van der Waals surface area (Å²) in [5.41, 5.74) is 3.18. The number of hydrogen-bond donors (Lipinski definition) is 0. The van der Waals surface area contributed by atoms with E-state index in [1.54, 1.807) is 11.3 Å². The standard InChI is InChI=1S/C15H11N3S/c1-18-14-10-4-2-8-16-11(10)6-7-12(14)17-15(18)13-5-3-9-19-13/h2-9H,1H3. The lowest BCUT2D eigenvalue weighted by Crippen LogP contribution is -1.91. The highest BCUT2D eigenvalue weighted by molar-refractivity contribution is 7.13. The Hall–Kier alpha value is -2.20. The van der Waals surface area contributed by atoms with E-state index in [0.29, 0.717) is 0 Å². The third-order valence-electron chi connectivity index (χ3n) is 3.36. The van der Waals surface area contributed by atoms with Gasteiger partial charge in [-0.25, -0.2) is 4.98 Å². The molecule has 4 aromatic rings. The molecule has 4 rings (SSSR count). The SMILES string of the molecule is Cn1c(-c2cccs2)nc2ccc3ncccc3c21. The largest absolute Gasteiger partial charge is 0.326 e. The summed E-state index contributed by atoms with van der Waals surface area (Å²) in [5, 5.41) is 3.23. The van der Waals surface area contributed by atoms with E-state index in [-0.39, 0.29) is 0 Å². The number of imidazole rings is 1. The van der Waals surface area contributed by atoms with Gasteiger partial charge in [-0.2, -0.15) is 0 Å². The molecule has 0 aliphatic heterocycles. The van der Waals surface area contributed by atoms with Gasteiger partial charge < -0.3 is 4.57 Å². The molecule has 0 radical (unpaired) electrons. The van der Waals surface area contributed by atoms with E-state index in [9.17, 15) is 0 Å². The average molecular weight is 265 g/mol. The van der Waals surface area contributed by atoms with Crippen LogP contribution in [0.25, 0.3) is 32.6 Å².